The van der Waals surface area contributed by atoms with Crippen molar-refractivity contribution >= 4 is 44.8 Å². The highest BCUT2D eigenvalue weighted by atomic mass is 32.2. The van der Waals surface area contributed by atoms with E-state index in [-0.39, 0.29) is 0 Å². The number of hydrogen-bond donors (Lipinski definition) is 0. The predicted molar refractivity (Wildman–Crippen MR) is 117 cm³/mol. The molecule has 0 atom stereocenters. The number of rotatable bonds is 3. The van der Waals surface area contributed by atoms with Crippen LogP contribution in [0.3, 0.4) is 0 Å². The molecular weight excluding hydrogens is 372 g/mol. The molecule has 6 heteroatoms. The molecule has 0 spiro atoms. The van der Waals surface area contributed by atoms with Crippen LogP contribution in [0, 0.1) is 0 Å². The van der Waals surface area contributed by atoms with Gasteiger partial charge in [0.1, 0.15) is 10.6 Å². The second kappa shape index (κ2) is 7.32. The Bertz CT molecular complexity index is 946. The molecule has 1 fully saturated rings. The summed E-state index contributed by atoms with van der Waals surface area (Å²) in [5, 5.41) is 2.25. The monoisotopic (exact) mass is 396 g/mol. The molecule has 1 aliphatic carbocycles. The van der Waals surface area contributed by atoms with E-state index < -0.39 is 0 Å². The van der Waals surface area contributed by atoms with Crippen LogP contribution in [-0.4, -0.2) is 42.4 Å². The fourth-order valence-corrected chi connectivity index (χ4v) is 5.93. The third kappa shape index (κ3) is 3.19. The summed E-state index contributed by atoms with van der Waals surface area (Å²) in [4.78, 5) is 17.6. The Morgan fingerprint density at radius 1 is 0.926 bits per heavy atom. The Labute approximate surface area is 168 Å². The van der Waals surface area contributed by atoms with E-state index in [1.807, 2.05) is 11.3 Å². The van der Waals surface area contributed by atoms with Crippen LogP contribution in [0.5, 0.6) is 0 Å². The number of fused-ring (bicyclic) bond motifs is 3. The highest BCUT2D eigenvalue weighted by molar-refractivity contribution is 7.98. The molecule has 3 aromatic rings. The largest absolute Gasteiger partial charge is 0.368 e. The minimum Gasteiger partial charge on any atom is -0.368 e. The summed E-state index contributed by atoms with van der Waals surface area (Å²) >= 11 is 3.56. The average Bonchev–Trinajstić information content (AvgIpc) is 3.12. The highest BCUT2D eigenvalue weighted by Gasteiger charge is 2.26. The molecule has 1 saturated heterocycles. The van der Waals surface area contributed by atoms with Crippen molar-refractivity contribution in [2.24, 2.45) is 0 Å². The second-order valence-electron chi connectivity index (χ2n) is 7.23. The lowest BCUT2D eigenvalue weighted by molar-refractivity contribution is 0.645. The topological polar surface area (TPSA) is 32.3 Å². The third-order valence-corrected chi connectivity index (χ3v) is 7.39. The lowest BCUT2D eigenvalue weighted by Crippen LogP contribution is -2.47. The average molecular weight is 397 g/mol. The first-order chi connectivity index (χ1) is 13.3. The number of hydrogen-bond acceptors (Lipinski definition) is 6. The summed E-state index contributed by atoms with van der Waals surface area (Å²) in [6.45, 7) is 4.10. The van der Waals surface area contributed by atoms with E-state index in [1.165, 1.54) is 53.0 Å². The molecule has 1 aliphatic heterocycles. The number of para-hydroxylation sites is 1. The van der Waals surface area contributed by atoms with Crippen molar-refractivity contribution in [3.63, 3.8) is 0 Å². The van der Waals surface area contributed by atoms with Crippen molar-refractivity contribution in [1.29, 1.82) is 0 Å². The number of piperazine rings is 1. The van der Waals surface area contributed by atoms with E-state index >= 15 is 0 Å². The molecule has 5 rings (SSSR count). The van der Waals surface area contributed by atoms with Crippen molar-refractivity contribution in [2.75, 3.05) is 42.2 Å². The van der Waals surface area contributed by atoms with Gasteiger partial charge in [0, 0.05) is 36.7 Å². The Kier molecular flexibility index (Phi) is 4.70. The van der Waals surface area contributed by atoms with Crippen molar-refractivity contribution in [2.45, 2.75) is 30.8 Å². The SMILES string of the molecule is CSc1nc(N2CCN(c3ccccc3)CC2)c2c3c(sc2n1)CCCC3. The summed E-state index contributed by atoms with van der Waals surface area (Å²) in [5.74, 6) is 1.18. The van der Waals surface area contributed by atoms with Crippen molar-refractivity contribution in [3.05, 3.63) is 40.8 Å². The molecule has 2 aromatic heterocycles. The molecule has 2 aliphatic rings. The lowest BCUT2D eigenvalue weighted by atomic mass is 9.97. The summed E-state index contributed by atoms with van der Waals surface area (Å²) in [6.07, 6.45) is 7.09. The maximum Gasteiger partial charge on any atom is 0.190 e. The number of benzene rings is 1. The first-order valence-electron chi connectivity index (χ1n) is 9.74. The molecule has 0 bridgehead atoms. The van der Waals surface area contributed by atoms with E-state index in [0.717, 1.165) is 31.3 Å². The van der Waals surface area contributed by atoms with E-state index in [2.05, 4.69) is 46.4 Å². The zero-order chi connectivity index (χ0) is 18.2. The standard InChI is InChI=1S/C21H24N4S2/c1-26-21-22-19(18-16-9-5-6-10-17(16)27-20(18)23-21)25-13-11-24(12-14-25)15-7-3-2-4-8-15/h2-4,7-8H,5-6,9-14H2,1H3. The minimum absolute atomic E-state index is 0.904. The fourth-order valence-electron chi connectivity index (χ4n) is 4.25. The summed E-state index contributed by atoms with van der Waals surface area (Å²) < 4.78 is 0. The molecule has 0 N–H and O–H groups in total. The molecule has 0 unspecified atom stereocenters. The van der Waals surface area contributed by atoms with Crippen LogP contribution in [0.2, 0.25) is 0 Å². The van der Waals surface area contributed by atoms with Crippen LogP contribution in [0.15, 0.2) is 35.5 Å². The van der Waals surface area contributed by atoms with Crippen LogP contribution in [0.4, 0.5) is 11.5 Å². The van der Waals surface area contributed by atoms with E-state index in [1.54, 1.807) is 16.6 Å². The van der Waals surface area contributed by atoms with Gasteiger partial charge in [-0.1, -0.05) is 30.0 Å². The smallest absolute Gasteiger partial charge is 0.190 e. The van der Waals surface area contributed by atoms with Gasteiger partial charge in [-0.25, -0.2) is 9.97 Å². The zero-order valence-electron chi connectivity index (χ0n) is 15.6. The second-order valence-corrected chi connectivity index (χ2v) is 9.09. The molecule has 1 aromatic carbocycles. The summed E-state index contributed by atoms with van der Waals surface area (Å²) in [7, 11) is 0. The van der Waals surface area contributed by atoms with Gasteiger partial charge >= 0.3 is 0 Å². The Balaban J connectivity index is 1.48. The van der Waals surface area contributed by atoms with Gasteiger partial charge in [-0.3, -0.25) is 0 Å². The molecule has 27 heavy (non-hydrogen) atoms. The van der Waals surface area contributed by atoms with E-state index in [9.17, 15) is 0 Å². The van der Waals surface area contributed by atoms with Gasteiger partial charge in [-0.2, -0.15) is 0 Å². The highest BCUT2D eigenvalue weighted by Crippen LogP contribution is 2.40. The molecule has 0 amide bonds. The molecule has 3 heterocycles. The van der Waals surface area contributed by atoms with Gasteiger partial charge in [-0.15, -0.1) is 11.3 Å². The van der Waals surface area contributed by atoms with Crippen LogP contribution in [0.1, 0.15) is 23.3 Å². The van der Waals surface area contributed by atoms with Gasteiger partial charge < -0.3 is 9.80 Å². The maximum atomic E-state index is 4.99. The summed E-state index contributed by atoms with van der Waals surface area (Å²) in [6, 6.07) is 10.7. The van der Waals surface area contributed by atoms with Gasteiger partial charge in [0.2, 0.25) is 0 Å². The lowest BCUT2D eigenvalue weighted by Gasteiger charge is -2.37. The maximum absolute atomic E-state index is 4.99. The Hall–Kier alpha value is -1.79. The predicted octanol–water partition coefficient (Wildman–Crippen LogP) is 4.62. The van der Waals surface area contributed by atoms with Crippen molar-refractivity contribution in [1.82, 2.24) is 9.97 Å². The van der Waals surface area contributed by atoms with Gasteiger partial charge in [0.25, 0.3) is 0 Å². The first-order valence-corrected chi connectivity index (χ1v) is 11.8. The Morgan fingerprint density at radius 2 is 1.67 bits per heavy atom. The number of thiophene rings is 1. The van der Waals surface area contributed by atoms with E-state index in [4.69, 9.17) is 9.97 Å². The first kappa shape index (κ1) is 17.3. The molecule has 140 valence electrons. The number of nitrogens with zero attached hydrogens (tertiary/aromatic N) is 4. The minimum atomic E-state index is 0.904. The summed E-state index contributed by atoms with van der Waals surface area (Å²) in [5.41, 5.74) is 2.86. The van der Waals surface area contributed by atoms with Crippen molar-refractivity contribution in [3.8, 4) is 0 Å². The fraction of sp³-hybridized carbons (Fsp3) is 0.429. The normalized spacial score (nSPS) is 17.4. The van der Waals surface area contributed by atoms with Crippen LogP contribution >= 0.6 is 23.1 Å². The molecule has 4 nitrogen and oxygen atoms in total. The number of aryl methyl sites for hydroxylation is 2. The Morgan fingerprint density at radius 3 is 2.44 bits per heavy atom. The quantitative estimate of drug-likeness (QED) is 0.476. The number of aromatic nitrogens is 2. The van der Waals surface area contributed by atoms with Crippen LogP contribution < -0.4 is 9.80 Å². The van der Waals surface area contributed by atoms with Gasteiger partial charge in [0.05, 0.1) is 5.39 Å². The van der Waals surface area contributed by atoms with E-state index in [0.29, 0.717) is 0 Å². The molecule has 0 radical (unpaired) electrons. The molecular formula is C21H24N4S2. The van der Waals surface area contributed by atoms with Crippen molar-refractivity contribution < 1.29 is 0 Å². The van der Waals surface area contributed by atoms with Gasteiger partial charge in [0.15, 0.2) is 5.16 Å². The third-order valence-electron chi connectivity index (χ3n) is 5.66. The van der Waals surface area contributed by atoms with Crippen LogP contribution in [-0.2, 0) is 12.8 Å². The molecule has 0 saturated carbocycles. The number of thioether (sulfide) groups is 1. The van der Waals surface area contributed by atoms with Gasteiger partial charge in [-0.05, 0) is 49.6 Å². The van der Waals surface area contributed by atoms with Crippen LogP contribution in [0.25, 0.3) is 10.2 Å². The zero-order valence-corrected chi connectivity index (χ0v) is 17.3. The number of anilines is 2.